The van der Waals surface area contributed by atoms with Crippen LogP contribution in [0, 0.1) is 7.05 Å². The zero-order valence-corrected chi connectivity index (χ0v) is 7.44. The van der Waals surface area contributed by atoms with Gasteiger partial charge in [0, 0.05) is 7.05 Å². The van der Waals surface area contributed by atoms with E-state index in [2.05, 4.69) is 12.1 Å². The lowest BCUT2D eigenvalue weighted by Crippen LogP contribution is -2.20. The van der Waals surface area contributed by atoms with Gasteiger partial charge in [-0.3, -0.25) is 0 Å². The zero-order valence-electron chi connectivity index (χ0n) is 7.44. The van der Waals surface area contributed by atoms with Gasteiger partial charge in [-0.2, -0.15) is 0 Å². The summed E-state index contributed by atoms with van der Waals surface area (Å²) in [5.41, 5.74) is -0.286. The summed E-state index contributed by atoms with van der Waals surface area (Å²) in [5, 5.41) is 3.78. The van der Waals surface area contributed by atoms with E-state index in [9.17, 15) is 4.79 Å². The lowest BCUT2D eigenvalue weighted by Gasteiger charge is -2.05. The first-order valence-electron chi connectivity index (χ1n) is 3.66. The number of aromatic nitrogens is 3. The Hall–Kier alpha value is -1.26. The quantitative estimate of drug-likeness (QED) is 0.628. The number of hydrogen-bond acceptors (Lipinski definition) is 3. The van der Waals surface area contributed by atoms with Gasteiger partial charge in [0.1, 0.15) is 0 Å². The Morgan fingerprint density at radius 3 is 2.50 bits per heavy atom. The summed E-state index contributed by atoms with van der Waals surface area (Å²) in [6, 6.07) is 0.296. The van der Waals surface area contributed by atoms with Crippen LogP contribution in [0.2, 0.25) is 0 Å². The monoisotopic (exact) mass is 170 g/mol. The van der Waals surface area contributed by atoms with E-state index in [0.717, 1.165) is 4.68 Å². The van der Waals surface area contributed by atoms with Crippen molar-refractivity contribution >= 4 is 0 Å². The second-order valence-electron chi connectivity index (χ2n) is 2.79. The van der Waals surface area contributed by atoms with Crippen LogP contribution >= 0.6 is 0 Å². The molecule has 5 nitrogen and oxygen atoms in total. The molecule has 0 aliphatic heterocycles. The minimum Gasteiger partial charge on any atom is -0.461 e. The Balaban J connectivity index is 3.02. The molecule has 1 radical (unpaired) electrons. The zero-order chi connectivity index (χ0) is 9.30. The molecule has 0 aromatic carbocycles. The average Bonchev–Trinajstić information content (AvgIpc) is 2.17. The third-order valence-electron chi connectivity index (χ3n) is 1.34. The van der Waals surface area contributed by atoms with Crippen molar-refractivity contribution in [2.24, 2.45) is 7.05 Å². The Morgan fingerprint density at radius 2 is 2.17 bits per heavy atom. The van der Waals surface area contributed by atoms with Crippen LogP contribution in [0.4, 0.5) is 0 Å². The second-order valence-corrected chi connectivity index (χ2v) is 2.79. The van der Waals surface area contributed by atoms with Gasteiger partial charge < -0.3 is 4.74 Å². The maximum atomic E-state index is 11.1. The molecule has 0 amide bonds. The van der Waals surface area contributed by atoms with Gasteiger partial charge >= 0.3 is 11.7 Å². The van der Waals surface area contributed by atoms with Crippen molar-refractivity contribution in [1.82, 2.24) is 14.3 Å². The van der Waals surface area contributed by atoms with E-state index in [0.29, 0.717) is 6.01 Å². The number of rotatable bonds is 2. The molecule has 0 saturated heterocycles. The standard InChI is InChI=1S/C7H12N3O2/c1-5(2)12-6-8-10(4)7(11)9(6)3/h5H,4H2,1-3H3. The van der Waals surface area contributed by atoms with E-state index < -0.39 is 0 Å². The highest BCUT2D eigenvalue weighted by Gasteiger charge is 2.09. The van der Waals surface area contributed by atoms with Crippen LogP contribution in [0.5, 0.6) is 6.01 Å². The van der Waals surface area contributed by atoms with Gasteiger partial charge in [-0.25, -0.2) is 14.0 Å². The van der Waals surface area contributed by atoms with E-state index >= 15 is 0 Å². The van der Waals surface area contributed by atoms with E-state index in [1.165, 1.54) is 4.57 Å². The fourth-order valence-corrected chi connectivity index (χ4v) is 0.782. The minimum absolute atomic E-state index is 0.00509. The minimum atomic E-state index is -0.286. The van der Waals surface area contributed by atoms with Crippen molar-refractivity contribution in [2.45, 2.75) is 20.0 Å². The highest BCUT2D eigenvalue weighted by molar-refractivity contribution is 4.93. The van der Waals surface area contributed by atoms with Gasteiger partial charge in [0.15, 0.2) is 0 Å². The largest absolute Gasteiger partial charge is 0.461 e. The normalized spacial score (nSPS) is 10.8. The molecule has 1 rings (SSSR count). The van der Waals surface area contributed by atoms with Crippen LogP contribution in [-0.2, 0) is 7.05 Å². The molecule has 0 bridgehead atoms. The molecule has 67 valence electrons. The molecule has 0 N–H and O–H groups in total. The SMILES string of the molecule is [CH2]n1nc(OC(C)C)n(C)c1=O. The van der Waals surface area contributed by atoms with Crippen LogP contribution in [0.3, 0.4) is 0 Å². The van der Waals surface area contributed by atoms with Crippen molar-refractivity contribution < 1.29 is 4.74 Å². The van der Waals surface area contributed by atoms with E-state index in [-0.39, 0.29) is 11.8 Å². The van der Waals surface area contributed by atoms with Crippen molar-refractivity contribution in [3.05, 3.63) is 17.5 Å². The summed E-state index contributed by atoms with van der Waals surface area (Å²) >= 11 is 0. The van der Waals surface area contributed by atoms with Crippen LogP contribution in [0.15, 0.2) is 4.79 Å². The fraction of sp³-hybridized carbons (Fsp3) is 0.571. The molecular weight excluding hydrogens is 158 g/mol. The van der Waals surface area contributed by atoms with Crippen LogP contribution < -0.4 is 10.4 Å². The Labute approximate surface area is 70.6 Å². The third-order valence-corrected chi connectivity index (χ3v) is 1.34. The summed E-state index contributed by atoms with van der Waals surface area (Å²) in [5.74, 6) is 0. The van der Waals surface area contributed by atoms with E-state index in [1.807, 2.05) is 13.8 Å². The maximum absolute atomic E-state index is 11.1. The molecule has 0 fully saturated rings. The molecule has 0 spiro atoms. The molecule has 12 heavy (non-hydrogen) atoms. The Morgan fingerprint density at radius 1 is 1.58 bits per heavy atom. The Kier molecular flexibility index (Phi) is 2.21. The lowest BCUT2D eigenvalue weighted by molar-refractivity contribution is 0.213. The number of ether oxygens (including phenoxy) is 1. The molecule has 0 aliphatic carbocycles. The molecule has 5 heteroatoms. The smallest absolute Gasteiger partial charge is 0.348 e. The summed E-state index contributed by atoms with van der Waals surface area (Å²) in [4.78, 5) is 11.1. The number of hydrogen-bond donors (Lipinski definition) is 0. The third kappa shape index (κ3) is 1.49. The maximum Gasteiger partial charge on any atom is 0.348 e. The first-order valence-corrected chi connectivity index (χ1v) is 3.66. The predicted octanol–water partition coefficient (Wildman–Crippen LogP) is 0.00869. The summed E-state index contributed by atoms with van der Waals surface area (Å²) in [6.07, 6.45) is 0.00509. The highest BCUT2D eigenvalue weighted by atomic mass is 16.5. The molecule has 1 aromatic rings. The van der Waals surface area contributed by atoms with Gasteiger partial charge in [-0.05, 0) is 13.8 Å². The summed E-state index contributed by atoms with van der Waals surface area (Å²) in [6.45, 7) is 3.74. The van der Waals surface area contributed by atoms with Crippen LogP contribution in [0.25, 0.3) is 0 Å². The van der Waals surface area contributed by atoms with E-state index in [1.54, 1.807) is 7.05 Å². The molecule has 1 aromatic heterocycles. The first-order chi connectivity index (χ1) is 5.52. The summed E-state index contributed by atoms with van der Waals surface area (Å²) in [7, 11) is 4.99. The fourth-order valence-electron chi connectivity index (χ4n) is 0.782. The van der Waals surface area contributed by atoms with Gasteiger partial charge in [0.05, 0.1) is 13.2 Å². The van der Waals surface area contributed by atoms with E-state index in [4.69, 9.17) is 4.74 Å². The van der Waals surface area contributed by atoms with Crippen molar-refractivity contribution in [3.63, 3.8) is 0 Å². The average molecular weight is 170 g/mol. The van der Waals surface area contributed by atoms with Crippen molar-refractivity contribution in [2.75, 3.05) is 0 Å². The molecule has 0 saturated carbocycles. The molecular formula is C7H12N3O2. The van der Waals surface area contributed by atoms with Crippen LogP contribution in [-0.4, -0.2) is 20.5 Å². The molecule has 0 aliphatic rings. The molecule has 0 atom stereocenters. The van der Waals surface area contributed by atoms with Gasteiger partial charge in [0.25, 0.3) is 0 Å². The van der Waals surface area contributed by atoms with Crippen LogP contribution in [0.1, 0.15) is 13.8 Å². The molecule has 0 unspecified atom stereocenters. The van der Waals surface area contributed by atoms with Gasteiger partial charge in [-0.1, -0.05) is 0 Å². The number of nitrogens with zero attached hydrogens (tertiary/aromatic N) is 3. The van der Waals surface area contributed by atoms with Crippen molar-refractivity contribution in [3.8, 4) is 6.01 Å². The van der Waals surface area contributed by atoms with Gasteiger partial charge in [0.2, 0.25) is 0 Å². The summed E-state index contributed by atoms with van der Waals surface area (Å²) < 4.78 is 7.55. The second kappa shape index (κ2) is 3.00. The first kappa shape index (κ1) is 8.83. The van der Waals surface area contributed by atoms with Crippen molar-refractivity contribution in [1.29, 1.82) is 0 Å². The van der Waals surface area contributed by atoms with Gasteiger partial charge in [-0.15, -0.1) is 5.10 Å². The highest BCUT2D eigenvalue weighted by Crippen LogP contribution is 2.02. The lowest BCUT2D eigenvalue weighted by atomic mass is 10.5. The topological polar surface area (TPSA) is 49.0 Å². The predicted molar refractivity (Wildman–Crippen MR) is 44.0 cm³/mol. The molecule has 1 heterocycles. The Bertz CT molecular complexity index is 324.